The Morgan fingerprint density at radius 2 is 2.32 bits per heavy atom. The quantitative estimate of drug-likeness (QED) is 0.826. The molecule has 19 heavy (non-hydrogen) atoms. The number of nitrogens with zero attached hydrogens (tertiary/aromatic N) is 1. The predicted molar refractivity (Wildman–Crippen MR) is 73.7 cm³/mol. The number of aromatic nitrogens is 1. The molecular weight excluding hydrogens is 242 g/mol. The van der Waals surface area contributed by atoms with Crippen molar-refractivity contribution in [1.29, 1.82) is 0 Å². The van der Waals surface area contributed by atoms with Crippen LogP contribution in [0.3, 0.4) is 0 Å². The van der Waals surface area contributed by atoms with E-state index >= 15 is 0 Å². The second kappa shape index (κ2) is 6.33. The van der Waals surface area contributed by atoms with E-state index in [0.717, 1.165) is 29.5 Å². The van der Waals surface area contributed by atoms with Gasteiger partial charge in [-0.1, -0.05) is 6.07 Å². The first-order valence-electron chi connectivity index (χ1n) is 6.52. The van der Waals surface area contributed by atoms with Crippen LogP contribution in [0.1, 0.15) is 24.3 Å². The lowest BCUT2D eigenvalue weighted by Gasteiger charge is -2.04. The maximum Gasteiger partial charge on any atom is 0.220 e. The number of aryl methyl sites for hydroxylation is 1. The van der Waals surface area contributed by atoms with Gasteiger partial charge in [-0.2, -0.15) is 0 Å². The number of nitrogens with two attached hydrogens (primary N) is 1. The molecule has 1 heterocycles. The minimum atomic E-state index is 0.0574. The van der Waals surface area contributed by atoms with Crippen molar-refractivity contribution in [2.75, 3.05) is 13.1 Å². The third kappa shape index (κ3) is 3.79. The summed E-state index contributed by atoms with van der Waals surface area (Å²) >= 11 is 0. The normalized spacial score (nSPS) is 10.8. The summed E-state index contributed by atoms with van der Waals surface area (Å²) in [6, 6.07) is 5.93. The number of amides is 1. The fourth-order valence-electron chi connectivity index (χ4n) is 1.94. The summed E-state index contributed by atoms with van der Waals surface area (Å²) < 4.78 is 5.48. The lowest BCUT2D eigenvalue weighted by Crippen LogP contribution is -2.25. The Kier molecular flexibility index (Phi) is 4.52. The maximum absolute atomic E-state index is 11.4. The molecule has 0 radical (unpaired) electrons. The Morgan fingerprint density at radius 3 is 3.11 bits per heavy atom. The SMILES string of the molecule is Cc1nc2ccc(CCNC(=O)CCCN)cc2o1. The molecule has 0 atom stereocenters. The first-order chi connectivity index (χ1) is 9.19. The Labute approximate surface area is 112 Å². The van der Waals surface area contributed by atoms with Gasteiger partial charge in [0.2, 0.25) is 5.91 Å². The Hall–Kier alpha value is -1.88. The highest BCUT2D eigenvalue weighted by Crippen LogP contribution is 2.16. The van der Waals surface area contributed by atoms with Gasteiger partial charge in [-0.15, -0.1) is 0 Å². The number of fused-ring (bicyclic) bond motifs is 1. The van der Waals surface area contributed by atoms with Crippen LogP contribution in [0.5, 0.6) is 0 Å². The van der Waals surface area contributed by atoms with Crippen LogP contribution in [0.4, 0.5) is 0 Å². The molecule has 0 saturated heterocycles. The summed E-state index contributed by atoms with van der Waals surface area (Å²) in [4.78, 5) is 15.7. The van der Waals surface area contributed by atoms with Crippen molar-refractivity contribution >= 4 is 17.0 Å². The molecule has 0 aliphatic rings. The van der Waals surface area contributed by atoms with Gasteiger partial charge in [-0.3, -0.25) is 4.79 Å². The maximum atomic E-state index is 11.4. The lowest BCUT2D eigenvalue weighted by molar-refractivity contribution is -0.121. The van der Waals surface area contributed by atoms with Crippen molar-refractivity contribution in [2.24, 2.45) is 5.73 Å². The van der Waals surface area contributed by atoms with E-state index in [9.17, 15) is 4.79 Å². The van der Waals surface area contributed by atoms with E-state index in [1.807, 2.05) is 25.1 Å². The highest BCUT2D eigenvalue weighted by atomic mass is 16.3. The van der Waals surface area contributed by atoms with E-state index in [2.05, 4.69) is 10.3 Å². The van der Waals surface area contributed by atoms with Gasteiger partial charge in [0, 0.05) is 19.9 Å². The number of oxazole rings is 1. The van der Waals surface area contributed by atoms with Gasteiger partial charge in [0.25, 0.3) is 0 Å². The molecular formula is C14H19N3O2. The number of hydrogen-bond acceptors (Lipinski definition) is 4. The number of carbonyl (C=O) groups excluding carboxylic acids is 1. The van der Waals surface area contributed by atoms with Crippen LogP contribution in [0.25, 0.3) is 11.1 Å². The van der Waals surface area contributed by atoms with Gasteiger partial charge in [-0.25, -0.2) is 4.98 Å². The first-order valence-corrected chi connectivity index (χ1v) is 6.52. The molecule has 1 amide bonds. The van der Waals surface area contributed by atoms with E-state index in [1.165, 1.54) is 0 Å². The zero-order valence-corrected chi connectivity index (χ0v) is 11.1. The summed E-state index contributed by atoms with van der Waals surface area (Å²) in [6.45, 7) is 3.01. The van der Waals surface area contributed by atoms with Crippen molar-refractivity contribution in [1.82, 2.24) is 10.3 Å². The average molecular weight is 261 g/mol. The molecule has 1 aromatic carbocycles. The monoisotopic (exact) mass is 261 g/mol. The molecule has 1 aromatic heterocycles. The van der Waals surface area contributed by atoms with Crippen LogP contribution in [-0.2, 0) is 11.2 Å². The average Bonchev–Trinajstić information content (AvgIpc) is 2.75. The molecule has 0 saturated carbocycles. The fraction of sp³-hybridized carbons (Fsp3) is 0.429. The third-order valence-electron chi connectivity index (χ3n) is 2.90. The highest BCUT2D eigenvalue weighted by Gasteiger charge is 2.04. The van der Waals surface area contributed by atoms with Gasteiger partial charge >= 0.3 is 0 Å². The van der Waals surface area contributed by atoms with Crippen molar-refractivity contribution in [3.05, 3.63) is 29.7 Å². The Bertz CT molecular complexity index is 563. The number of carbonyl (C=O) groups is 1. The summed E-state index contributed by atoms with van der Waals surface area (Å²) in [5.74, 6) is 0.726. The molecule has 2 rings (SSSR count). The fourth-order valence-corrected chi connectivity index (χ4v) is 1.94. The topological polar surface area (TPSA) is 81.2 Å². The van der Waals surface area contributed by atoms with Crippen molar-refractivity contribution in [2.45, 2.75) is 26.2 Å². The molecule has 0 fully saturated rings. The van der Waals surface area contributed by atoms with Crippen LogP contribution >= 0.6 is 0 Å². The lowest BCUT2D eigenvalue weighted by atomic mass is 10.1. The Morgan fingerprint density at radius 1 is 1.47 bits per heavy atom. The standard InChI is InChI=1S/C14H19N3O2/c1-10-17-12-5-4-11(9-13(12)19-10)6-8-16-14(18)3-2-7-15/h4-5,9H,2-3,6-8,15H2,1H3,(H,16,18). The van der Waals surface area contributed by atoms with Gasteiger partial charge < -0.3 is 15.5 Å². The number of hydrogen-bond donors (Lipinski definition) is 2. The van der Waals surface area contributed by atoms with E-state index in [1.54, 1.807) is 0 Å². The van der Waals surface area contributed by atoms with Gasteiger partial charge in [0.05, 0.1) is 0 Å². The van der Waals surface area contributed by atoms with Gasteiger partial charge in [-0.05, 0) is 37.1 Å². The minimum absolute atomic E-state index is 0.0574. The molecule has 5 nitrogen and oxygen atoms in total. The van der Waals surface area contributed by atoms with E-state index in [4.69, 9.17) is 10.2 Å². The van der Waals surface area contributed by atoms with Crippen molar-refractivity contribution < 1.29 is 9.21 Å². The number of nitrogens with one attached hydrogen (secondary N) is 1. The van der Waals surface area contributed by atoms with Crippen LogP contribution < -0.4 is 11.1 Å². The number of rotatable bonds is 6. The summed E-state index contributed by atoms with van der Waals surface area (Å²) in [7, 11) is 0. The van der Waals surface area contributed by atoms with Gasteiger partial charge in [0.1, 0.15) is 5.52 Å². The second-order valence-corrected chi connectivity index (χ2v) is 4.53. The van der Waals surface area contributed by atoms with Crippen LogP contribution in [-0.4, -0.2) is 24.0 Å². The third-order valence-corrected chi connectivity index (χ3v) is 2.90. The molecule has 0 aliphatic carbocycles. The zero-order chi connectivity index (χ0) is 13.7. The Balaban J connectivity index is 1.86. The molecule has 0 aliphatic heterocycles. The van der Waals surface area contributed by atoms with E-state index in [-0.39, 0.29) is 5.91 Å². The summed E-state index contributed by atoms with van der Waals surface area (Å²) in [5, 5.41) is 2.88. The molecule has 0 unspecified atom stereocenters. The molecule has 102 valence electrons. The zero-order valence-electron chi connectivity index (χ0n) is 11.1. The minimum Gasteiger partial charge on any atom is -0.441 e. The predicted octanol–water partition coefficient (Wildman–Crippen LogP) is 1.53. The van der Waals surface area contributed by atoms with E-state index < -0.39 is 0 Å². The molecule has 2 aromatic rings. The largest absolute Gasteiger partial charge is 0.441 e. The highest BCUT2D eigenvalue weighted by molar-refractivity contribution is 5.76. The van der Waals surface area contributed by atoms with Gasteiger partial charge in [0.15, 0.2) is 11.5 Å². The smallest absolute Gasteiger partial charge is 0.220 e. The van der Waals surface area contributed by atoms with Crippen LogP contribution in [0.15, 0.2) is 22.6 Å². The number of benzene rings is 1. The molecule has 3 N–H and O–H groups in total. The van der Waals surface area contributed by atoms with Crippen molar-refractivity contribution in [3.63, 3.8) is 0 Å². The summed E-state index contributed by atoms with van der Waals surface area (Å²) in [5.41, 5.74) is 8.15. The second-order valence-electron chi connectivity index (χ2n) is 4.53. The summed E-state index contributed by atoms with van der Waals surface area (Å²) in [6.07, 6.45) is 2.01. The molecule has 0 bridgehead atoms. The van der Waals surface area contributed by atoms with Crippen LogP contribution in [0.2, 0.25) is 0 Å². The van der Waals surface area contributed by atoms with Crippen LogP contribution in [0, 0.1) is 6.92 Å². The van der Waals surface area contributed by atoms with E-state index in [0.29, 0.717) is 25.4 Å². The first kappa shape index (κ1) is 13.5. The molecule has 0 spiro atoms. The molecule has 5 heteroatoms. The van der Waals surface area contributed by atoms with Crippen molar-refractivity contribution in [3.8, 4) is 0 Å².